The van der Waals surface area contributed by atoms with Crippen molar-refractivity contribution in [2.24, 2.45) is 5.10 Å². The van der Waals surface area contributed by atoms with Crippen molar-refractivity contribution in [3.05, 3.63) is 34.9 Å². The van der Waals surface area contributed by atoms with Gasteiger partial charge in [0, 0.05) is 16.8 Å². The quantitative estimate of drug-likeness (QED) is 0.478. The highest BCUT2D eigenvalue weighted by Crippen LogP contribution is 2.09. The summed E-state index contributed by atoms with van der Waals surface area (Å²) in [6.07, 6.45) is 4.81. The smallest absolute Gasteiger partial charge is 0.267 e. The fraction of sp³-hybridized carbons (Fsp3) is 0.333. The molecular weight excluding hydrogens is 224 g/mol. The van der Waals surface area contributed by atoms with Crippen LogP contribution in [0.15, 0.2) is 29.4 Å². The minimum atomic E-state index is -0.218. The van der Waals surface area contributed by atoms with Crippen molar-refractivity contribution >= 4 is 23.7 Å². The van der Waals surface area contributed by atoms with E-state index in [1.165, 1.54) is 0 Å². The summed E-state index contributed by atoms with van der Waals surface area (Å²) >= 11 is 5.72. The number of carbonyl (C=O) groups excluding carboxylic acids is 1. The molecule has 1 amide bonds. The Bertz CT molecular complexity index is 360. The maximum atomic E-state index is 11.5. The summed E-state index contributed by atoms with van der Waals surface area (Å²) in [6, 6.07) is 6.69. The van der Waals surface area contributed by atoms with E-state index in [0.29, 0.717) is 10.6 Å². The molecule has 0 aliphatic rings. The molecule has 0 unspecified atom stereocenters. The molecule has 3 nitrogen and oxygen atoms in total. The molecule has 1 N–H and O–H groups in total. The van der Waals surface area contributed by atoms with Gasteiger partial charge in [0.1, 0.15) is 0 Å². The lowest BCUT2D eigenvalue weighted by Crippen LogP contribution is -2.17. The lowest BCUT2D eigenvalue weighted by Gasteiger charge is -1.99. The zero-order valence-corrected chi connectivity index (χ0v) is 10.00. The molecule has 0 aliphatic carbocycles. The molecule has 0 bridgehead atoms. The molecule has 0 saturated carbocycles. The van der Waals surface area contributed by atoms with Crippen molar-refractivity contribution < 1.29 is 4.79 Å². The van der Waals surface area contributed by atoms with Gasteiger partial charge in [0.25, 0.3) is 5.91 Å². The van der Waals surface area contributed by atoms with Crippen LogP contribution >= 0.6 is 11.6 Å². The number of unbranched alkanes of at least 4 members (excludes halogenated alkanes) is 2. The molecule has 0 radical (unpaired) electrons. The average Bonchev–Trinajstić information content (AvgIpc) is 2.29. The molecule has 0 heterocycles. The molecule has 0 saturated heterocycles. The second-order valence-corrected chi connectivity index (χ2v) is 3.84. The number of hydrogen-bond acceptors (Lipinski definition) is 2. The van der Waals surface area contributed by atoms with E-state index in [9.17, 15) is 4.79 Å². The van der Waals surface area contributed by atoms with E-state index in [0.717, 1.165) is 19.3 Å². The monoisotopic (exact) mass is 238 g/mol. The maximum Gasteiger partial charge on any atom is 0.271 e. The van der Waals surface area contributed by atoms with Gasteiger partial charge in [0.05, 0.1) is 0 Å². The lowest BCUT2D eigenvalue weighted by atomic mass is 10.2. The first-order valence-electron chi connectivity index (χ1n) is 5.31. The van der Waals surface area contributed by atoms with Crippen LogP contribution < -0.4 is 5.43 Å². The highest BCUT2D eigenvalue weighted by atomic mass is 35.5. The Kier molecular flexibility index (Phi) is 5.57. The van der Waals surface area contributed by atoms with Gasteiger partial charge in [-0.1, -0.05) is 24.9 Å². The van der Waals surface area contributed by atoms with Gasteiger partial charge in [-0.2, -0.15) is 5.10 Å². The Labute approximate surface area is 101 Å². The third kappa shape index (κ3) is 4.45. The number of nitrogens with zero attached hydrogens (tertiary/aromatic N) is 1. The maximum absolute atomic E-state index is 11.5. The molecule has 4 heteroatoms. The van der Waals surface area contributed by atoms with Gasteiger partial charge in [-0.25, -0.2) is 5.43 Å². The van der Waals surface area contributed by atoms with Gasteiger partial charge in [0.15, 0.2) is 0 Å². The first-order valence-corrected chi connectivity index (χ1v) is 5.69. The van der Waals surface area contributed by atoms with Crippen LogP contribution in [-0.2, 0) is 0 Å². The van der Waals surface area contributed by atoms with E-state index in [1.54, 1.807) is 30.5 Å². The van der Waals surface area contributed by atoms with E-state index in [1.807, 2.05) is 0 Å². The second kappa shape index (κ2) is 7.01. The average molecular weight is 239 g/mol. The molecule has 1 aromatic rings. The standard InChI is InChI=1S/C12H15ClN2O/c1-2-3-4-9-14-15-12(16)10-5-7-11(13)8-6-10/h5-9H,2-4H2,1H3,(H,15,16)/b14-9-. The highest BCUT2D eigenvalue weighted by molar-refractivity contribution is 6.30. The number of rotatable bonds is 5. The number of hydrazone groups is 1. The molecule has 0 spiro atoms. The summed E-state index contributed by atoms with van der Waals surface area (Å²) in [5.74, 6) is -0.218. The molecular formula is C12H15ClN2O. The predicted octanol–water partition coefficient (Wildman–Crippen LogP) is 3.25. The molecule has 0 atom stereocenters. The van der Waals surface area contributed by atoms with E-state index in [2.05, 4.69) is 17.5 Å². The number of nitrogens with one attached hydrogen (secondary N) is 1. The minimum absolute atomic E-state index is 0.218. The fourth-order valence-electron chi connectivity index (χ4n) is 1.13. The molecule has 86 valence electrons. The van der Waals surface area contributed by atoms with Crippen molar-refractivity contribution in [3.63, 3.8) is 0 Å². The summed E-state index contributed by atoms with van der Waals surface area (Å²) in [7, 11) is 0. The minimum Gasteiger partial charge on any atom is -0.267 e. The normalized spacial score (nSPS) is 10.6. The topological polar surface area (TPSA) is 41.5 Å². The second-order valence-electron chi connectivity index (χ2n) is 3.40. The van der Waals surface area contributed by atoms with Crippen molar-refractivity contribution in [3.8, 4) is 0 Å². The zero-order valence-electron chi connectivity index (χ0n) is 9.24. The summed E-state index contributed by atoms with van der Waals surface area (Å²) in [5.41, 5.74) is 3.02. The van der Waals surface area contributed by atoms with Crippen molar-refractivity contribution in [1.29, 1.82) is 0 Å². The Morgan fingerprint density at radius 3 is 2.75 bits per heavy atom. The Balaban J connectivity index is 2.40. The number of halogens is 1. The Morgan fingerprint density at radius 2 is 2.12 bits per heavy atom. The van der Waals surface area contributed by atoms with Crippen LogP contribution in [0.1, 0.15) is 36.5 Å². The van der Waals surface area contributed by atoms with E-state index < -0.39 is 0 Å². The fourth-order valence-corrected chi connectivity index (χ4v) is 1.26. The third-order valence-electron chi connectivity index (χ3n) is 2.05. The van der Waals surface area contributed by atoms with E-state index in [-0.39, 0.29) is 5.91 Å². The number of carbonyl (C=O) groups is 1. The number of amides is 1. The summed E-state index contributed by atoms with van der Waals surface area (Å²) in [6.45, 7) is 2.11. The van der Waals surface area contributed by atoms with Crippen LogP contribution in [0.25, 0.3) is 0 Å². The highest BCUT2D eigenvalue weighted by Gasteiger charge is 2.02. The molecule has 16 heavy (non-hydrogen) atoms. The van der Waals surface area contributed by atoms with E-state index >= 15 is 0 Å². The number of hydrogen-bond donors (Lipinski definition) is 1. The number of benzene rings is 1. The molecule has 1 aromatic carbocycles. The van der Waals surface area contributed by atoms with Gasteiger partial charge in [0.2, 0.25) is 0 Å². The van der Waals surface area contributed by atoms with Crippen LogP contribution in [0.5, 0.6) is 0 Å². The first-order chi connectivity index (χ1) is 7.74. The van der Waals surface area contributed by atoms with Crippen molar-refractivity contribution in [1.82, 2.24) is 5.43 Å². The van der Waals surface area contributed by atoms with Gasteiger partial charge in [-0.3, -0.25) is 4.79 Å². The van der Waals surface area contributed by atoms with Gasteiger partial charge >= 0.3 is 0 Å². The largest absolute Gasteiger partial charge is 0.271 e. The van der Waals surface area contributed by atoms with E-state index in [4.69, 9.17) is 11.6 Å². The van der Waals surface area contributed by atoms with Crippen LogP contribution in [0, 0.1) is 0 Å². The zero-order chi connectivity index (χ0) is 11.8. The van der Waals surface area contributed by atoms with Crippen LogP contribution in [-0.4, -0.2) is 12.1 Å². The summed E-state index contributed by atoms with van der Waals surface area (Å²) in [4.78, 5) is 11.5. The van der Waals surface area contributed by atoms with Crippen LogP contribution in [0.4, 0.5) is 0 Å². The molecule has 0 fully saturated rings. The van der Waals surface area contributed by atoms with Gasteiger partial charge < -0.3 is 0 Å². The summed E-state index contributed by atoms with van der Waals surface area (Å²) < 4.78 is 0. The SMILES string of the molecule is CCCC/C=N\NC(=O)c1ccc(Cl)cc1. The van der Waals surface area contributed by atoms with Crippen LogP contribution in [0.2, 0.25) is 5.02 Å². The third-order valence-corrected chi connectivity index (χ3v) is 2.30. The first kappa shape index (κ1) is 12.7. The Hall–Kier alpha value is -1.35. The molecule has 0 aliphatic heterocycles. The summed E-state index contributed by atoms with van der Waals surface area (Å²) in [5, 5.41) is 4.46. The van der Waals surface area contributed by atoms with Crippen molar-refractivity contribution in [2.75, 3.05) is 0 Å². The van der Waals surface area contributed by atoms with Gasteiger partial charge in [-0.15, -0.1) is 0 Å². The molecule has 1 rings (SSSR count). The molecule has 0 aromatic heterocycles. The van der Waals surface area contributed by atoms with Crippen LogP contribution in [0.3, 0.4) is 0 Å². The Morgan fingerprint density at radius 1 is 1.44 bits per heavy atom. The van der Waals surface area contributed by atoms with Crippen molar-refractivity contribution in [2.45, 2.75) is 26.2 Å². The lowest BCUT2D eigenvalue weighted by molar-refractivity contribution is 0.0955. The van der Waals surface area contributed by atoms with Gasteiger partial charge in [-0.05, 0) is 37.1 Å². The predicted molar refractivity (Wildman–Crippen MR) is 66.9 cm³/mol.